The molecule has 0 aliphatic heterocycles. The number of aromatic nitrogens is 1. The van der Waals surface area contributed by atoms with Crippen LogP contribution in [0.4, 0.5) is 11.5 Å². The number of aliphatic hydroxyl groups excluding tert-OH is 2. The monoisotopic (exact) mass is 183 g/mol. The number of aliphatic hydroxyl groups is 2. The van der Waals surface area contributed by atoms with E-state index in [0.717, 1.165) is 0 Å². The van der Waals surface area contributed by atoms with Gasteiger partial charge >= 0.3 is 0 Å². The van der Waals surface area contributed by atoms with E-state index in [1.54, 1.807) is 18.3 Å². The van der Waals surface area contributed by atoms with Crippen molar-refractivity contribution in [3.63, 3.8) is 0 Å². The lowest BCUT2D eigenvalue weighted by atomic mass is 10.3. The molecule has 0 aromatic carbocycles. The van der Waals surface area contributed by atoms with E-state index in [2.05, 4.69) is 10.3 Å². The number of anilines is 2. The summed E-state index contributed by atoms with van der Waals surface area (Å²) >= 11 is 0. The highest BCUT2D eigenvalue weighted by molar-refractivity contribution is 5.48. The standard InChI is InChI=1S/C8H13N3O2/c9-6-1-2-10-8(3-6)11-7(4-12)5-13/h1-3,7,12-13H,4-5H2,(H3,9,10,11). The maximum Gasteiger partial charge on any atom is 0.128 e. The minimum absolute atomic E-state index is 0.146. The van der Waals surface area contributed by atoms with Crippen molar-refractivity contribution in [3.8, 4) is 0 Å². The summed E-state index contributed by atoms with van der Waals surface area (Å²) in [7, 11) is 0. The third-order valence-electron chi connectivity index (χ3n) is 1.58. The molecular weight excluding hydrogens is 170 g/mol. The Hall–Kier alpha value is -1.33. The predicted molar refractivity (Wildman–Crippen MR) is 50.2 cm³/mol. The maximum absolute atomic E-state index is 8.78. The molecule has 1 aromatic rings. The van der Waals surface area contributed by atoms with Gasteiger partial charge in [-0.15, -0.1) is 0 Å². The lowest BCUT2D eigenvalue weighted by Crippen LogP contribution is -2.28. The number of nitrogen functional groups attached to an aromatic ring is 1. The Morgan fingerprint density at radius 1 is 1.46 bits per heavy atom. The molecule has 1 heterocycles. The topological polar surface area (TPSA) is 91.4 Å². The number of nitrogens with zero attached hydrogens (tertiary/aromatic N) is 1. The third kappa shape index (κ3) is 2.89. The molecule has 0 bridgehead atoms. The van der Waals surface area contributed by atoms with E-state index in [0.29, 0.717) is 11.5 Å². The van der Waals surface area contributed by atoms with Gasteiger partial charge in [0.2, 0.25) is 0 Å². The number of rotatable bonds is 4. The minimum Gasteiger partial charge on any atom is -0.399 e. The molecule has 5 heteroatoms. The van der Waals surface area contributed by atoms with Crippen molar-refractivity contribution in [1.82, 2.24) is 4.98 Å². The van der Waals surface area contributed by atoms with Crippen LogP contribution in [0.2, 0.25) is 0 Å². The summed E-state index contributed by atoms with van der Waals surface area (Å²) in [6, 6.07) is 2.91. The van der Waals surface area contributed by atoms with Crippen LogP contribution in [-0.2, 0) is 0 Å². The van der Waals surface area contributed by atoms with E-state index in [-0.39, 0.29) is 13.2 Å². The van der Waals surface area contributed by atoms with E-state index >= 15 is 0 Å². The number of hydrogen-bond donors (Lipinski definition) is 4. The second-order valence-electron chi connectivity index (χ2n) is 2.68. The zero-order chi connectivity index (χ0) is 9.68. The lowest BCUT2D eigenvalue weighted by molar-refractivity contribution is 0.203. The van der Waals surface area contributed by atoms with Crippen LogP contribution in [0.5, 0.6) is 0 Å². The first kappa shape index (κ1) is 9.76. The summed E-state index contributed by atoms with van der Waals surface area (Å²) in [5.74, 6) is 0.549. The number of nitrogens with one attached hydrogen (secondary N) is 1. The van der Waals surface area contributed by atoms with Crippen molar-refractivity contribution >= 4 is 11.5 Å². The average Bonchev–Trinajstić information content (AvgIpc) is 2.14. The van der Waals surface area contributed by atoms with Crippen LogP contribution in [0.3, 0.4) is 0 Å². The molecule has 1 rings (SSSR count). The molecule has 0 spiro atoms. The Balaban J connectivity index is 2.62. The Labute approximate surface area is 76.2 Å². The van der Waals surface area contributed by atoms with Gasteiger partial charge in [0.25, 0.3) is 0 Å². The molecule has 0 radical (unpaired) electrons. The second-order valence-corrected chi connectivity index (χ2v) is 2.68. The molecule has 0 aliphatic carbocycles. The van der Waals surface area contributed by atoms with Gasteiger partial charge in [-0.25, -0.2) is 4.98 Å². The minimum atomic E-state index is -0.394. The maximum atomic E-state index is 8.78. The van der Waals surface area contributed by atoms with Crippen molar-refractivity contribution in [1.29, 1.82) is 0 Å². The summed E-state index contributed by atoms with van der Waals surface area (Å²) < 4.78 is 0. The first-order valence-corrected chi connectivity index (χ1v) is 3.96. The fourth-order valence-electron chi connectivity index (χ4n) is 0.884. The molecule has 0 atom stereocenters. The second kappa shape index (κ2) is 4.64. The van der Waals surface area contributed by atoms with Gasteiger partial charge in [-0.1, -0.05) is 0 Å². The Kier molecular flexibility index (Phi) is 3.48. The van der Waals surface area contributed by atoms with Gasteiger partial charge in [0.05, 0.1) is 19.3 Å². The predicted octanol–water partition coefficient (Wildman–Crippen LogP) is -0.571. The molecular formula is C8H13N3O2. The van der Waals surface area contributed by atoms with Gasteiger partial charge in [0.1, 0.15) is 5.82 Å². The molecule has 0 fully saturated rings. The van der Waals surface area contributed by atoms with Crippen molar-refractivity contribution in [2.24, 2.45) is 0 Å². The first-order chi connectivity index (χ1) is 6.26. The molecule has 1 aromatic heterocycles. The summed E-state index contributed by atoms with van der Waals surface area (Å²) in [5, 5.41) is 20.4. The van der Waals surface area contributed by atoms with Crippen LogP contribution in [0.15, 0.2) is 18.3 Å². The van der Waals surface area contributed by atoms with Crippen molar-refractivity contribution in [2.75, 3.05) is 24.3 Å². The smallest absolute Gasteiger partial charge is 0.128 e. The highest BCUT2D eigenvalue weighted by Crippen LogP contribution is 2.08. The Morgan fingerprint density at radius 3 is 2.69 bits per heavy atom. The number of hydrogen-bond acceptors (Lipinski definition) is 5. The third-order valence-corrected chi connectivity index (χ3v) is 1.58. The fraction of sp³-hybridized carbons (Fsp3) is 0.375. The van der Waals surface area contributed by atoms with E-state index in [1.807, 2.05) is 0 Å². The van der Waals surface area contributed by atoms with Gasteiger partial charge in [-0.05, 0) is 6.07 Å². The molecule has 0 saturated carbocycles. The van der Waals surface area contributed by atoms with Crippen LogP contribution in [-0.4, -0.2) is 34.5 Å². The van der Waals surface area contributed by atoms with Crippen LogP contribution < -0.4 is 11.1 Å². The summed E-state index contributed by atoms with van der Waals surface area (Å²) in [6.45, 7) is -0.292. The number of nitrogens with two attached hydrogens (primary N) is 1. The summed E-state index contributed by atoms with van der Waals surface area (Å²) in [4.78, 5) is 3.96. The highest BCUT2D eigenvalue weighted by Gasteiger charge is 2.05. The Morgan fingerprint density at radius 2 is 2.15 bits per heavy atom. The highest BCUT2D eigenvalue weighted by atomic mass is 16.3. The van der Waals surface area contributed by atoms with Gasteiger partial charge < -0.3 is 21.3 Å². The normalized spacial score (nSPS) is 10.4. The Bertz CT molecular complexity index is 263. The van der Waals surface area contributed by atoms with Crippen LogP contribution in [0, 0.1) is 0 Å². The first-order valence-electron chi connectivity index (χ1n) is 3.96. The zero-order valence-corrected chi connectivity index (χ0v) is 7.14. The number of pyridine rings is 1. The quantitative estimate of drug-likeness (QED) is 0.501. The average molecular weight is 183 g/mol. The molecule has 0 aliphatic rings. The van der Waals surface area contributed by atoms with Gasteiger partial charge in [0.15, 0.2) is 0 Å². The fourth-order valence-corrected chi connectivity index (χ4v) is 0.884. The van der Waals surface area contributed by atoms with Crippen LogP contribution in [0.25, 0.3) is 0 Å². The molecule has 13 heavy (non-hydrogen) atoms. The lowest BCUT2D eigenvalue weighted by Gasteiger charge is -2.13. The van der Waals surface area contributed by atoms with Gasteiger partial charge in [-0.2, -0.15) is 0 Å². The molecule has 5 nitrogen and oxygen atoms in total. The molecule has 0 unspecified atom stereocenters. The van der Waals surface area contributed by atoms with E-state index < -0.39 is 6.04 Å². The zero-order valence-electron chi connectivity index (χ0n) is 7.14. The van der Waals surface area contributed by atoms with E-state index in [4.69, 9.17) is 15.9 Å². The SMILES string of the molecule is Nc1ccnc(NC(CO)CO)c1. The largest absolute Gasteiger partial charge is 0.399 e. The molecule has 72 valence electrons. The van der Waals surface area contributed by atoms with Crippen molar-refractivity contribution in [3.05, 3.63) is 18.3 Å². The van der Waals surface area contributed by atoms with Crippen molar-refractivity contribution in [2.45, 2.75) is 6.04 Å². The van der Waals surface area contributed by atoms with Gasteiger partial charge in [0, 0.05) is 18.0 Å². The van der Waals surface area contributed by atoms with Gasteiger partial charge in [-0.3, -0.25) is 0 Å². The van der Waals surface area contributed by atoms with E-state index in [9.17, 15) is 0 Å². The van der Waals surface area contributed by atoms with Crippen molar-refractivity contribution < 1.29 is 10.2 Å². The van der Waals surface area contributed by atoms with Crippen LogP contribution >= 0.6 is 0 Å². The summed E-state index contributed by atoms with van der Waals surface area (Å²) in [6.07, 6.45) is 1.56. The van der Waals surface area contributed by atoms with Crippen LogP contribution in [0.1, 0.15) is 0 Å². The molecule has 0 saturated heterocycles. The summed E-state index contributed by atoms with van der Waals surface area (Å²) in [5.41, 5.74) is 6.10. The van der Waals surface area contributed by atoms with E-state index in [1.165, 1.54) is 0 Å². The molecule has 0 amide bonds. The molecule has 5 N–H and O–H groups in total.